The van der Waals surface area contributed by atoms with E-state index in [0.29, 0.717) is 11.7 Å². The number of hydrogen-bond acceptors (Lipinski definition) is 5. The number of thiazole rings is 1. The standard InChI is InChI=1S/C14H15ClN2O3S2/c1-8-3-4-11-13(9(8)2)16-14(21-11)17-6-10(5-12(17)18)7-22(15,19)20/h3-4,10H,5-7H2,1-2H3. The van der Waals surface area contributed by atoms with E-state index in [-0.39, 0.29) is 24.0 Å². The van der Waals surface area contributed by atoms with E-state index in [9.17, 15) is 13.2 Å². The summed E-state index contributed by atoms with van der Waals surface area (Å²) in [6, 6.07) is 4.04. The van der Waals surface area contributed by atoms with Gasteiger partial charge in [0.1, 0.15) is 0 Å². The van der Waals surface area contributed by atoms with Crippen molar-refractivity contribution in [1.29, 1.82) is 0 Å². The Morgan fingerprint density at radius 1 is 1.41 bits per heavy atom. The van der Waals surface area contributed by atoms with Crippen LogP contribution in [0.1, 0.15) is 17.5 Å². The maximum Gasteiger partial charge on any atom is 0.232 e. The molecule has 0 spiro atoms. The molecule has 22 heavy (non-hydrogen) atoms. The first-order valence-electron chi connectivity index (χ1n) is 6.84. The molecule has 1 amide bonds. The second-order valence-corrected chi connectivity index (χ2v) is 9.46. The van der Waals surface area contributed by atoms with Crippen molar-refractivity contribution in [2.75, 3.05) is 17.2 Å². The number of carbonyl (C=O) groups excluding carboxylic acids is 1. The molecule has 1 unspecified atom stereocenters. The average molecular weight is 359 g/mol. The van der Waals surface area contributed by atoms with Crippen LogP contribution in [0.5, 0.6) is 0 Å². The quantitative estimate of drug-likeness (QED) is 0.791. The smallest absolute Gasteiger partial charge is 0.232 e. The largest absolute Gasteiger partial charge is 0.288 e. The van der Waals surface area contributed by atoms with Crippen molar-refractivity contribution >= 4 is 52.3 Å². The van der Waals surface area contributed by atoms with Crippen molar-refractivity contribution in [3.05, 3.63) is 23.3 Å². The third kappa shape index (κ3) is 2.98. The van der Waals surface area contributed by atoms with Crippen LogP contribution in [0.3, 0.4) is 0 Å². The SMILES string of the molecule is Cc1ccc2sc(N3CC(CS(=O)(=O)Cl)CC3=O)nc2c1C. The summed E-state index contributed by atoms with van der Waals surface area (Å²) in [7, 11) is 1.69. The molecule has 2 aromatic rings. The number of fused-ring (bicyclic) bond motifs is 1. The van der Waals surface area contributed by atoms with Gasteiger partial charge in [-0.05, 0) is 31.0 Å². The molecule has 1 atom stereocenters. The monoisotopic (exact) mass is 358 g/mol. The van der Waals surface area contributed by atoms with Crippen molar-refractivity contribution in [2.45, 2.75) is 20.3 Å². The Balaban J connectivity index is 1.91. The maximum atomic E-state index is 12.2. The van der Waals surface area contributed by atoms with E-state index in [1.54, 1.807) is 4.90 Å². The van der Waals surface area contributed by atoms with E-state index in [4.69, 9.17) is 10.7 Å². The number of nitrogens with zero attached hydrogens (tertiary/aromatic N) is 2. The van der Waals surface area contributed by atoms with Gasteiger partial charge >= 0.3 is 0 Å². The van der Waals surface area contributed by atoms with Crippen LogP contribution in [0, 0.1) is 19.8 Å². The summed E-state index contributed by atoms with van der Waals surface area (Å²) in [6.45, 7) is 4.38. The van der Waals surface area contributed by atoms with Crippen molar-refractivity contribution in [3.63, 3.8) is 0 Å². The average Bonchev–Trinajstić information content (AvgIpc) is 2.96. The Kier molecular flexibility index (Phi) is 3.91. The molecule has 0 bridgehead atoms. The zero-order chi connectivity index (χ0) is 16.1. The molecule has 8 heteroatoms. The normalized spacial score (nSPS) is 19.3. The Labute approximate surface area is 137 Å². The molecule has 0 N–H and O–H groups in total. The van der Waals surface area contributed by atoms with Gasteiger partial charge in [0.25, 0.3) is 0 Å². The Bertz CT molecular complexity index is 860. The Morgan fingerprint density at radius 2 is 2.14 bits per heavy atom. The lowest BCUT2D eigenvalue weighted by molar-refractivity contribution is -0.117. The summed E-state index contributed by atoms with van der Waals surface area (Å²) in [4.78, 5) is 18.3. The highest BCUT2D eigenvalue weighted by Crippen LogP contribution is 2.35. The van der Waals surface area contributed by atoms with Crippen molar-refractivity contribution in [3.8, 4) is 0 Å². The van der Waals surface area contributed by atoms with E-state index >= 15 is 0 Å². The summed E-state index contributed by atoms with van der Waals surface area (Å²) in [6.07, 6.45) is 0.194. The minimum atomic E-state index is -3.60. The van der Waals surface area contributed by atoms with Crippen molar-refractivity contribution in [1.82, 2.24) is 4.98 Å². The topological polar surface area (TPSA) is 67.3 Å². The van der Waals surface area contributed by atoms with Gasteiger partial charge in [0.05, 0.1) is 16.0 Å². The molecule has 118 valence electrons. The summed E-state index contributed by atoms with van der Waals surface area (Å²) in [5.74, 6) is -0.552. The van der Waals surface area contributed by atoms with Crippen LogP contribution < -0.4 is 4.90 Å². The van der Waals surface area contributed by atoms with Gasteiger partial charge in [0, 0.05) is 29.6 Å². The molecule has 1 aromatic carbocycles. The third-order valence-corrected chi connectivity index (χ3v) is 6.24. The maximum absolute atomic E-state index is 12.2. The number of halogens is 1. The molecular weight excluding hydrogens is 344 g/mol. The minimum absolute atomic E-state index is 0.0984. The first kappa shape index (κ1) is 15.7. The van der Waals surface area contributed by atoms with Gasteiger partial charge in [0.15, 0.2) is 5.13 Å². The van der Waals surface area contributed by atoms with E-state index in [2.05, 4.69) is 4.98 Å². The fourth-order valence-corrected chi connectivity index (χ4v) is 5.06. The molecule has 0 aliphatic carbocycles. The molecule has 1 aromatic heterocycles. The van der Waals surface area contributed by atoms with Crippen LogP contribution in [-0.2, 0) is 13.8 Å². The minimum Gasteiger partial charge on any atom is -0.288 e. The van der Waals surface area contributed by atoms with E-state index in [1.165, 1.54) is 11.3 Å². The fourth-order valence-electron chi connectivity index (χ4n) is 2.69. The number of anilines is 1. The first-order chi connectivity index (χ1) is 10.2. The van der Waals surface area contributed by atoms with Crippen molar-refractivity contribution < 1.29 is 13.2 Å². The predicted molar refractivity (Wildman–Crippen MR) is 89.2 cm³/mol. The lowest BCUT2D eigenvalue weighted by Gasteiger charge is -2.12. The van der Waals surface area contributed by atoms with Crippen LogP contribution in [0.15, 0.2) is 12.1 Å². The number of aromatic nitrogens is 1. The zero-order valence-electron chi connectivity index (χ0n) is 12.2. The number of hydrogen-bond donors (Lipinski definition) is 0. The molecule has 5 nitrogen and oxygen atoms in total. The fraction of sp³-hybridized carbons (Fsp3) is 0.429. The number of benzene rings is 1. The van der Waals surface area contributed by atoms with Gasteiger partial charge in [0.2, 0.25) is 15.0 Å². The van der Waals surface area contributed by atoms with E-state index in [1.807, 2.05) is 26.0 Å². The number of carbonyl (C=O) groups is 1. The number of aryl methyl sites for hydroxylation is 2. The summed E-state index contributed by atoms with van der Waals surface area (Å²) < 4.78 is 23.4. The zero-order valence-corrected chi connectivity index (χ0v) is 14.6. The highest BCUT2D eigenvalue weighted by atomic mass is 35.7. The van der Waals surface area contributed by atoms with E-state index < -0.39 is 9.05 Å². The summed E-state index contributed by atoms with van der Waals surface area (Å²) in [5.41, 5.74) is 3.16. The van der Waals surface area contributed by atoms with Crippen LogP contribution in [-0.4, -0.2) is 31.6 Å². The Hall–Kier alpha value is -1.18. The number of amides is 1. The molecular formula is C14H15ClN2O3S2. The molecule has 0 radical (unpaired) electrons. The van der Waals surface area contributed by atoms with Gasteiger partial charge in [-0.2, -0.15) is 0 Å². The summed E-state index contributed by atoms with van der Waals surface area (Å²) >= 11 is 1.45. The van der Waals surface area contributed by atoms with Gasteiger partial charge < -0.3 is 0 Å². The third-order valence-electron chi connectivity index (χ3n) is 3.94. The highest BCUT2D eigenvalue weighted by Gasteiger charge is 2.34. The van der Waals surface area contributed by atoms with Gasteiger partial charge in [-0.25, -0.2) is 13.4 Å². The van der Waals surface area contributed by atoms with Crippen LogP contribution >= 0.6 is 22.0 Å². The van der Waals surface area contributed by atoms with Crippen LogP contribution in [0.2, 0.25) is 0 Å². The van der Waals surface area contributed by atoms with Crippen LogP contribution in [0.4, 0.5) is 5.13 Å². The lowest BCUT2D eigenvalue weighted by atomic mass is 10.1. The first-order valence-corrected chi connectivity index (χ1v) is 10.1. The molecule has 0 saturated carbocycles. The molecule has 2 heterocycles. The summed E-state index contributed by atoms with van der Waals surface area (Å²) in [5, 5.41) is 0.628. The lowest BCUT2D eigenvalue weighted by Crippen LogP contribution is -2.25. The Morgan fingerprint density at radius 3 is 2.82 bits per heavy atom. The highest BCUT2D eigenvalue weighted by molar-refractivity contribution is 8.13. The van der Waals surface area contributed by atoms with Gasteiger partial charge in [-0.15, -0.1) is 0 Å². The van der Waals surface area contributed by atoms with Gasteiger partial charge in [-0.3, -0.25) is 9.69 Å². The molecule has 1 saturated heterocycles. The molecule has 1 aliphatic rings. The van der Waals surface area contributed by atoms with Gasteiger partial charge in [-0.1, -0.05) is 17.4 Å². The predicted octanol–water partition coefficient (Wildman–Crippen LogP) is 2.83. The molecule has 1 aliphatic heterocycles. The second-order valence-electron chi connectivity index (χ2n) is 5.63. The van der Waals surface area contributed by atoms with E-state index in [0.717, 1.165) is 21.3 Å². The molecule has 1 fully saturated rings. The van der Waals surface area contributed by atoms with Crippen molar-refractivity contribution in [2.24, 2.45) is 5.92 Å². The second kappa shape index (κ2) is 5.47. The number of rotatable bonds is 3. The van der Waals surface area contributed by atoms with Crippen LogP contribution in [0.25, 0.3) is 10.2 Å². The molecule has 3 rings (SSSR count).